The largest absolute Gasteiger partial charge is 0.460 e. The zero-order valence-corrected chi connectivity index (χ0v) is 17.7. The number of benzene rings is 2. The smallest absolute Gasteiger partial charge is 0.325 e. The Balaban J connectivity index is 1.70. The molecular weight excluding hydrogens is 438 g/mol. The molecule has 1 heterocycles. The van der Waals surface area contributed by atoms with E-state index in [0.29, 0.717) is 4.31 Å². The summed E-state index contributed by atoms with van der Waals surface area (Å²) in [5.74, 6) is 0.716. The highest BCUT2D eigenvalue weighted by atomic mass is 32.2. The van der Waals surface area contributed by atoms with Gasteiger partial charge >= 0.3 is 5.97 Å². The number of carbonyl (C=O) groups excluding carboxylic acids is 2. The van der Waals surface area contributed by atoms with E-state index >= 15 is 0 Å². The summed E-state index contributed by atoms with van der Waals surface area (Å²) < 4.78 is 31.9. The lowest BCUT2D eigenvalue weighted by molar-refractivity contribution is -0.387. The van der Waals surface area contributed by atoms with Crippen LogP contribution in [0.5, 0.6) is 0 Å². The van der Waals surface area contributed by atoms with E-state index in [9.17, 15) is 28.1 Å². The van der Waals surface area contributed by atoms with E-state index < -0.39 is 55.5 Å². The van der Waals surface area contributed by atoms with Crippen LogP contribution in [0.4, 0.5) is 5.69 Å². The number of nitro groups is 1. The third kappa shape index (κ3) is 4.32. The molecule has 1 unspecified atom stereocenters. The average Bonchev–Trinajstić information content (AvgIpc) is 3.44. The fourth-order valence-electron chi connectivity index (χ4n) is 3.23. The zero-order valence-electron chi connectivity index (χ0n) is 16.9. The monoisotopic (exact) mass is 457 g/mol. The fraction of sp³-hybridized carbons (Fsp3) is 0.238. The highest BCUT2D eigenvalue weighted by Gasteiger charge is 2.69. The van der Waals surface area contributed by atoms with Crippen LogP contribution in [0, 0.1) is 22.5 Å². The number of esters is 1. The van der Waals surface area contributed by atoms with Crippen LogP contribution in [-0.4, -0.2) is 47.6 Å². The highest BCUT2D eigenvalue weighted by molar-refractivity contribution is 7.89. The molecule has 3 atom stereocenters. The molecule has 32 heavy (non-hydrogen) atoms. The first kappa shape index (κ1) is 22.9. The molecule has 3 rings (SSSR count). The van der Waals surface area contributed by atoms with Crippen molar-refractivity contribution in [2.45, 2.75) is 30.0 Å². The number of para-hydroxylation sites is 1. The number of terminal acetylenes is 1. The first-order chi connectivity index (χ1) is 15.1. The molecule has 10 nitrogen and oxygen atoms in total. The number of hydrogen-bond donors (Lipinski definition) is 1. The number of amides is 1. The minimum absolute atomic E-state index is 0.0131. The van der Waals surface area contributed by atoms with Gasteiger partial charge in [0.25, 0.3) is 15.7 Å². The summed E-state index contributed by atoms with van der Waals surface area (Å²) in [6.07, 6.45) is 5.47. The van der Waals surface area contributed by atoms with Crippen molar-refractivity contribution in [3.05, 3.63) is 70.3 Å². The number of nitrogens with one attached hydrogen (secondary N) is 1. The summed E-state index contributed by atoms with van der Waals surface area (Å²) in [6, 6.07) is 12.3. The van der Waals surface area contributed by atoms with Crippen molar-refractivity contribution in [2.75, 3.05) is 6.54 Å². The van der Waals surface area contributed by atoms with E-state index in [-0.39, 0.29) is 6.61 Å². The van der Waals surface area contributed by atoms with Gasteiger partial charge in [0.05, 0.1) is 4.92 Å². The molecule has 1 N–H and O–H groups in total. The van der Waals surface area contributed by atoms with Gasteiger partial charge in [0.1, 0.15) is 24.7 Å². The lowest BCUT2D eigenvalue weighted by Crippen LogP contribution is -2.36. The Hall–Kier alpha value is -3.75. The van der Waals surface area contributed by atoms with Crippen LogP contribution in [0.2, 0.25) is 0 Å². The van der Waals surface area contributed by atoms with Gasteiger partial charge in [0, 0.05) is 6.07 Å². The fourth-order valence-corrected chi connectivity index (χ4v) is 5.28. The molecule has 0 radical (unpaired) electrons. The Morgan fingerprint density at radius 3 is 2.47 bits per heavy atom. The predicted molar refractivity (Wildman–Crippen MR) is 112 cm³/mol. The van der Waals surface area contributed by atoms with Crippen LogP contribution in [0.15, 0.2) is 59.5 Å². The van der Waals surface area contributed by atoms with Crippen molar-refractivity contribution in [1.82, 2.24) is 9.62 Å². The molecule has 0 aliphatic carbocycles. The maximum Gasteiger partial charge on any atom is 0.325 e. The third-order valence-electron chi connectivity index (χ3n) is 4.95. The van der Waals surface area contributed by atoms with Crippen molar-refractivity contribution in [3.8, 4) is 12.3 Å². The molecule has 0 bridgehead atoms. The molecular formula is C21H19N3O7S. The number of rotatable bonds is 8. The zero-order chi connectivity index (χ0) is 23.5. The van der Waals surface area contributed by atoms with Gasteiger partial charge in [0.15, 0.2) is 4.90 Å². The van der Waals surface area contributed by atoms with Gasteiger partial charge in [0.2, 0.25) is 5.91 Å². The molecule has 2 aromatic carbocycles. The van der Waals surface area contributed by atoms with E-state index in [1.807, 2.05) is 6.07 Å². The molecule has 11 heteroatoms. The van der Waals surface area contributed by atoms with Crippen molar-refractivity contribution < 1.29 is 27.7 Å². The molecule has 0 aromatic heterocycles. The second-order valence-electron chi connectivity index (χ2n) is 7.08. The molecule has 1 aliphatic heterocycles. The van der Waals surface area contributed by atoms with Crippen LogP contribution < -0.4 is 5.32 Å². The van der Waals surface area contributed by atoms with E-state index in [0.717, 1.165) is 17.7 Å². The van der Waals surface area contributed by atoms with Crippen LogP contribution in [0.25, 0.3) is 0 Å². The number of carbonyl (C=O) groups is 2. The average molecular weight is 457 g/mol. The van der Waals surface area contributed by atoms with Gasteiger partial charge in [-0.2, -0.15) is 4.31 Å². The van der Waals surface area contributed by atoms with Crippen molar-refractivity contribution >= 4 is 27.6 Å². The lowest BCUT2D eigenvalue weighted by Gasteiger charge is -2.08. The Morgan fingerprint density at radius 2 is 1.84 bits per heavy atom. The first-order valence-electron chi connectivity index (χ1n) is 9.36. The van der Waals surface area contributed by atoms with Crippen molar-refractivity contribution in [3.63, 3.8) is 0 Å². The second kappa shape index (κ2) is 8.78. The summed E-state index contributed by atoms with van der Waals surface area (Å²) in [6.45, 7) is 0.860. The summed E-state index contributed by atoms with van der Waals surface area (Å²) in [5.41, 5.74) is -1.42. The number of hydrogen-bond acceptors (Lipinski definition) is 7. The van der Waals surface area contributed by atoms with Gasteiger partial charge in [-0.15, -0.1) is 6.42 Å². The van der Waals surface area contributed by atoms with Crippen LogP contribution in [-0.2, 0) is 31.0 Å². The Bertz CT molecular complexity index is 1210. The molecule has 1 amide bonds. The molecule has 166 valence electrons. The standard InChI is InChI=1S/C21H19N3O7S/c1-3-21(2)19(20(26)22-13-18(25)31-14-15-9-5-4-6-10-15)23(21)32(29,30)17-12-8-7-11-16(17)24(27)28/h1,4-12,19H,13-14H2,2H3,(H,22,26)/t19-,21-,23?/m1/s1. The number of nitrogens with zero attached hydrogens (tertiary/aromatic N) is 2. The maximum atomic E-state index is 13.1. The van der Waals surface area contributed by atoms with Gasteiger partial charge < -0.3 is 10.1 Å². The summed E-state index contributed by atoms with van der Waals surface area (Å²) in [7, 11) is -4.47. The Labute approximate surface area is 184 Å². The molecule has 2 aromatic rings. The van der Waals surface area contributed by atoms with E-state index in [1.165, 1.54) is 19.1 Å². The second-order valence-corrected chi connectivity index (χ2v) is 8.87. The van der Waals surface area contributed by atoms with E-state index in [2.05, 4.69) is 11.2 Å². The Morgan fingerprint density at radius 1 is 1.22 bits per heavy atom. The van der Waals surface area contributed by atoms with E-state index in [4.69, 9.17) is 11.2 Å². The minimum atomic E-state index is -4.47. The van der Waals surface area contributed by atoms with E-state index in [1.54, 1.807) is 24.3 Å². The SMILES string of the molecule is C#C[C@]1(C)[C@@H](C(=O)NCC(=O)OCc2ccccc2)N1S(=O)(=O)c1ccccc1[N+](=O)[O-]. The number of nitro benzene ring substituents is 1. The van der Waals surface area contributed by atoms with Crippen molar-refractivity contribution in [2.24, 2.45) is 0 Å². The topological polar surface area (TPSA) is 136 Å². The molecule has 1 saturated heterocycles. The predicted octanol–water partition coefficient (Wildman–Crippen LogP) is 1.22. The summed E-state index contributed by atoms with van der Waals surface area (Å²) in [5, 5.41) is 13.6. The van der Waals surface area contributed by atoms with Gasteiger partial charge in [-0.25, -0.2) is 8.42 Å². The number of sulfonamides is 1. The normalized spacial score (nSPS) is 21.8. The lowest BCUT2D eigenvalue weighted by atomic mass is 10.1. The molecule has 1 aliphatic rings. The van der Waals surface area contributed by atoms with Crippen LogP contribution >= 0.6 is 0 Å². The van der Waals surface area contributed by atoms with Crippen LogP contribution in [0.3, 0.4) is 0 Å². The Kier molecular flexibility index (Phi) is 6.29. The first-order valence-corrected chi connectivity index (χ1v) is 10.8. The highest BCUT2D eigenvalue weighted by Crippen LogP contribution is 2.46. The van der Waals surface area contributed by atoms with Crippen molar-refractivity contribution in [1.29, 1.82) is 0 Å². The third-order valence-corrected chi connectivity index (χ3v) is 6.96. The number of ether oxygens (including phenoxy) is 1. The molecule has 0 spiro atoms. The summed E-state index contributed by atoms with van der Waals surface area (Å²) in [4.78, 5) is 34.4. The minimum Gasteiger partial charge on any atom is -0.460 e. The summed E-state index contributed by atoms with van der Waals surface area (Å²) >= 11 is 0. The quantitative estimate of drug-likeness (QED) is 0.207. The van der Waals surface area contributed by atoms with Gasteiger partial charge in [-0.05, 0) is 18.6 Å². The van der Waals surface area contributed by atoms with Gasteiger partial charge in [-0.3, -0.25) is 19.7 Å². The molecule has 1 fully saturated rings. The maximum absolute atomic E-state index is 13.1. The van der Waals surface area contributed by atoms with Crippen LogP contribution in [0.1, 0.15) is 12.5 Å². The van der Waals surface area contributed by atoms with Gasteiger partial charge in [-0.1, -0.05) is 48.4 Å². The molecule has 0 saturated carbocycles.